The fraction of sp³-hybridized carbons (Fsp3) is 0.476. The summed E-state index contributed by atoms with van der Waals surface area (Å²) in [7, 11) is -3.60. The van der Waals surface area contributed by atoms with Crippen LogP contribution in [0.2, 0.25) is 0 Å². The number of hydrogen-bond donors (Lipinski definition) is 1. The van der Waals surface area contributed by atoms with Crippen molar-refractivity contribution in [3.8, 4) is 0 Å². The molecule has 2 aromatic rings. The maximum absolute atomic E-state index is 12.9. The number of anilines is 2. The van der Waals surface area contributed by atoms with Gasteiger partial charge in [-0.25, -0.2) is 13.4 Å². The molecule has 1 fully saturated rings. The Bertz CT molecular complexity index is 1030. The van der Waals surface area contributed by atoms with Gasteiger partial charge >= 0.3 is 5.97 Å². The molecule has 1 saturated heterocycles. The van der Waals surface area contributed by atoms with Gasteiger partial charge in [0.05, 0.1) is 36.2 Å². The molecule has 1 N–H and O–H groups in total. The van der Waals surface area contributed by atoms with Crippen LogP contribution in [0.25, 0.3) is 0 Å². The summed E-state index contributed by atoms with van der Waals surface area (Å²) in [6.07, 6.45) is 1.65. The number of nitrogens with zero attached hydrogens (tertiary/aromatic N) is 2. The van der Waals surface area contributed by atoms with E-state index < -0.39 is 15.7 Å². The summed E-state index contributed by atoms with van der Waals surface area (Å²) in [6.45, 7) is 4.30. The molecular formula is C21H27N3O6S2. The topological polar surface area (TPSA) is 115 Å². The number of amides is 1. The van der Waals surface area contributed by atoms with Crippen LogP contribution in [-0.4, -0.2) is 63.9 Å². The van der Waals surface area contributed by atoms with E-state index in [4.69, 9.17) is 9.47 Å². The first-order valence-electron chi connectivity index (χ1n) is 10.4. The molecule has 0 unspecified atom stereocenters. The van der Waals surface area contributed by atoms with Crippen LogP contribution in [0.15, 0.2) is 34.5 Å². The summed E-state index contributed by atoms with van der Waals surface area (Å²) in [6, 6.07) is 6.36. The van der Waals surface area contributed by atoms with Gasteiger partial charge in [-0.05, 0) is 31.4 Å². The van der Waals surface area contributed by atoms with Crippen LogP contribution in [0, 0.1) is 0 Å². The van der Waals surface area contributed by atoms with E-state index in [1.165, 1.54) is 24.3 Å². The van der Waals surface area contributed by atoms with Gasteiger partial charge in [-0.3, -0.25) is 9.59 Å². The number of benzene rings is 1. The number of para-hydroxylation sites is 1. The van der Waals surface area contributed by atoms with Crippen LogP contribution >= 0.6 is 11.3 Å². The van der Waals surface area contributed by atoms with Crippen LogP contribution in [-0.2, 0) is 24.1 Å². The number of unbranched alkanes of at least 4 members (excludes halogenated alkanes) is 2. The zero-order chi connectivity index (χ0) is 23.0. The van der Waals surface area contributed by atoms with Gasteiger partial charge in [0.2, 0.25) is 0 Å². The van der Waals surface area contributed by atoms with Crippen molar-refractivity contribution < 1.29 is 27.5 Å². The minimum Gasteiger partial charge on any atom is -0.466 e. The zero-order valence-corrected chi connectivity index (χ0v) is 19.5. The lowest BCUT2D eigenvalue weighted by Crippen LogP contribution is -2.36. The zero-order valence-electron chi connectivity index (χ0n) is 17.9. The highest BCUT2D eigenvalue weighted by Gasteiger charge is 2.22. The molecule has 1 aliphatic rings. The molecule has 0 aliphatic carbocycles. The summed E-state index contributed by atoms with van der Waals surface area (Å²) in [5, 5.41) is 5.11. The van der Waals surface area contributed by atoms with Crippen molar-refractivity contribution in [1.29, 1.82) is 0 Å². The fourth-order valence-electron chi connectivity index (χ4n) is 3.19. The largest absolute Gasteiger partial charge is 0.466 e. The molecule has 32 heavy (non-hydrogen) atoms. The molecule has 2 heterocycles. The van der Waals surface area contributed by atoms with Crippen molar-refractivity contribution in [3.05, 3.63) is 35.3 Å². The van der Waals surface area contributed by atoms with Gasteiger partial charge in [0.25, 0.3) is 5.91 Å². The number of thiazole rings is 1. The smallest absolute Gasteiger partial charge is 0.302 e. The molecule has 0 spiro atoms. The number of carbonyl (C=O) groups excluding carboxylic acids is 2. The maximum atomic E-state index is 12.9. The first kappa shape index (κ1) is 24.1. The van der Waals surface area contributed by atoms with E-state index in [9.17, 15) is 18.0 Å². The van der Waals surface area contributed by atoms with Crippen LogP contribution in [0.3, 0.4) is 0 Å². The van der Waals surface area contributed by atoms with E-state index in [0.29, 0.717) is 32.5 Å². The van der Waals surface area contributed by atoms with Crippen LogP contribution in [0.4, 0.5) is 10.8 Å². The van der Waals surface area contributed by atoms with Gasteiger partial charge in [-0.15, -0.1) is 11.3 Å². The standard InChI is InChI=1S/C21H27N3O6S2/c1-16(25)30-11-5-2-6-14-32(27,28)19-8-4-3-7-17(19)22-20(26)18-15-31-21(23-18)24-9-12-29-13-10-24/h3-4,7-8,15H,2,5-6,9-14H2,1H3,(H,22,26). The second-order valence-corrected chi connectivity index (χ2v) is 10.2. The van der Waals surface area contributed by atoms with Gasteiger partial charge in [-0.1, -0.05) is 12.1 Å². The summed E-state index contributed by atoms with van der Waals surface area (Å²) in [5.74, 6) is -0.859. The van der Waals surface area contributed by atoms with Gasteiger partial charge < -0.3 is 19.7 Å². The Morgan fingerprint density at radius 2 is 1.94 bits per heavy atom. The third-order valence-corrected chi connectivity index (χ3v) is 7.59. The maximum Gasteiger partial charge on any atom is 0.302 e. The van der Waals surface area contributed by atoms with Crippen molar-refractivity contribution in [3.63, 3.8) is 0 Å². The van der Waals surface area contributed by atoms with Crippen LogP contribution < -0.4 is 10.2 Å². The van der Waals surface area contributed by atoms with E-state index in [1.807, 2.05) is 0 Å². The normalized spacial score (nSPS) is 14.2. The number of rotatable bonds is 10. The second-order valence-electron chi connectivity index (χ2n) is 7.28. The van der Waals surface area contributed by atoms with Gasteiger partial charge in [0.15, 0.2) is 15.0 Å². The monoisotopic (exact) mass is 481 g/mol. The van der Waals surface area contributed by atoms with E-state index >= 15 is 0 Å². The lowest BCUT2D eigenvalue weighted by Gasteiger charge is -2.25. The first-order valence-corrected chi connectivity index (χ1v) is 12.9. The summed E-state index contributed by atoms with van der Waals surface area (Å²) in [5.41, 5.74) is 0.479. The van der Waals surface area contributed by atoms with Crippen molar-refractivity contribution in [2.24, 2.45) is 0 Å². The molecule has 0 radical (unpaired) electrons. The molecule has 0 atom stereocenters. The second kappa shape index (κ2) is 11.4. The number of carbonyl (C=O) groups is 2. The van der Waals surface area contributed by atoms with E-state index in [1.54, 1.807) is 23.6 Å². The molecule has 1 amide bonds. The number of sulfone groups is 1. The van der Waals surface area contributed by atoms with Crippen molar-refractivity contribution in [2.45, 2.75) is 31.1 Å². The summed E-state index contributed by atoms with van der Waals surface area (Å²) < 4.78 is 35.9. The third kappa shape index (κ3) is 6.75. The van der Waals surface area contributed by atoms with Crippen molar-refractivity contribution in [2.75, 3.05) is 48.9 Å². The molecule has 174 valence electrons. The van der Waals surface area contributed by atoms with Crippen LogP contribution in [0.5, 0.6) is 0 Å². The molecule has 1 aromatic heterocycles. The van der Waals surface area contributed by atoms with Gasteiger partial charge in [-0.2, -0.15) is 0 Å². The third-order valence-electron chi connectivity index (χ3n) is 4.84. The van der Waals surface area contributed by atoms with Crippen molar-refractivity contribution in [1.82, 2.24) is 4.98 Å². The number of aromatic nitrogens is 1. The molecule has 3 rings (SSSR count). The Balaban J connectivity index is 1.61. The minimum atomic E-state index is -3.60. The Morgan fingerprint density at radius 1 is 1.19 bits per heavy atom. The molecule has 0 saturated carbocycles. The molecule has 0 bridgehead atoms. The average Bonchev–Trinajstić information content (AvgIpc) is 3.27. The van der Waals surface area contributed by atoms with E-state index in [0.717, 1.165) is 18.2 Å². The Hall–Kier alpha value is -2.50. The molecule has 1 aliphatic heterocycles. The SMILES string of the molecule is CC(=O)OCCCCCS(=O)(=O)c1ccccc1NC(=O)c1csc(N2CCOCC2)n1. The van der Waals surface area contributed by atoms with Gasteiger partial charge in [0.1, 0.15) is 5.69 Å². The average molecular weight is 482 g/mol. The number of hydrogen-bond acceptors (Lipinski definition) is 9. The number of esters is 1. The fourth-order valence-corrected chi connectivity index (χ4v) is 5.60. The summed E-state index contributed by atoms with van der Waals surface area (Å²) in [4.78, 5) is 30.0. The van der Waals surface area contributed by atoms with Gasteiger partial charge in [0, 0.05) is 25.4 Å². The lowest BCUT2D eigenvalue weighted by molar-refractivity contribution is -0.141. The molecule has 1 aromatic carbocycles. The highest BCUT2D eigenvalue weighted by Crippen LogP contribution is 2.25. The minimum absolute atomic E-state index is 0.0577. The molecule has 11 heteroatoms. The highest BCUT2D eigenvalue weighted by atomic mass is 32.2. The first-order chi connectivity index (χ1) is 15.4. The predicted octanol–water partition coefficient (Wildman–Crippen LogP) is 2.74. The Kier molecular flexibility index (Phi) is 8.60. The lowest BCUT2D eigenvalue weighted by atomic mass is 10.3. The Morgan fingerprint density at radius 3 is 2.69 bits per heavy atom. The number of nitrogens with one attached hydrogen (secondary N) is 1. The van der Waals surface area contributed by atoms with Crippen LogP contribution in [0.1, 0.15) is 36.7 Å². The number of morpholine rings is 1. The molecule has 9 nitrogen and oxygen atoms in total. The molecular weight excluding hydrogens is 454 g/mol. The van der Waals surface area contributed by atoms with Crippen molar-refractivity contribution >= 4 is 43.9 Å². The predicted molar refractivity (Wildman–Crippen MR) is 122 cm³/mol. The Labute approximate surface area is 191 Å². The summed E-state index contributed by atoms with van der Waals surface area (Å²) >= 11 is 1.37. The quantitative estimate of drug-likeness (QED) is 0.407. The van der Waals surface area contributed by atoms with E-state index in [2.05, 4.69) is 15.2 Å². The van der Waals surface area contributed by atoms with E-state index in [-0.39, 0.29) is 34.6 Å². The highest BCUT2D eigenvalue weighted by molar-refractivity contribution is 7.91. The number of ether oxygens (including phenoxy) is 2.